The number of pyridine rings is 2. The molecule has 0 saturated carbocycles. The predicted molar refractivity (Wildman–Crippen MR) is 89.9 cm³/mol. The summed E-state index contributed by atoms with van der Waals surface area (Å²) in [4.78, 5) is 19.7. The third-order valence-corrected chi connectivity index (χ3v) is 3.69. The highest BCUT2D eigenvalue weighted by molar-refractivity contribution is 5.89. The van der Waals surface area contributed by atoms with Crippen molar-refractivity contribution in [3.8, 4) is 0 Å². The number of fused-ring (bicyclic) bond motifs is 1. The zero-order valence-electron chi connectivity index (χ0n) is 13.8. The molecule has 3 heterocycles. The maximum atomic E-state index is 12.7. The van der Waals surface area contributed by atoms with Crippen molar-refractivity contribution in [1.82, 2.24) is 19.7 Å². The molecule has 3 aromatic heterocycles. The van der Waals surface area contributed by atoms with Crippen molar-refractivity contribution in [3.63, 3.8) is 0 Å². The summed E-state index contributed by atoms with van der Waals surface area (Å²) in [5.74, 6) is 0. The third kappa shape index (κ3) is 4.11. The first kappa shape index (κ1) is 17.7. The van der Waals surface area contributed by atoms with Crippen LogP contribution in [0.3, 0.4) is 0 Å². The molecule has 0 aliphatic carbocycles. The molecular weight excluding hydrogens is 347 g/mol. The van der Waals surface area contributed by atoms with Gasteiger partial charge in [-0.25, -0.2) is 14.8 Å². The van der Waals surface area contributed by atoms with E-state index in [9.17, 15) is 18.0 Å². The minimum Gasteiger partial charge on any atom is -0.337 e. The summed E-state index contributed by atoms with van der Waals surface area (Å²) in [6.07, 6.45) is 0.750. The number of amides is 2. The lowest BCUT2D eigenvalue weighted by Gasteiger charge is -2.11. The maximum absolute atomic E-state index is 12.7. The fourth-order valence-corrected chi connectivity index (χ4v) is 2.53. The molecule has 0 spiro atoms. The van der Waals surface area contributed by atoms with Gasteiger partial charge in [-0.3, -0.25) is 0 Å². The summed E-state index contributed by atoms with van der Waals surface area (Å²) in [5, 5.41) is 5.11. The van der Waals surface area contributed by atoms with Crippen molar-refractivity contribution in [2.24, 2.45) is 0 Å². The molecule has 136 valence electrons. The number of alkyl halides is 3. The van der Waals surface area contributed by atoms with E-state index >= 15 is 0 Å². The van der Waals surface area contributed by atoms with Crippen molar-refractivity contribution in [1.29, 1.82) is 0 Å². The van der Waals surface area contributed by atoms with Crippen LogP contribution in [0.1, 0.15) is 17.0 Å². The highest BCUT2D eigenvalue weighted by Gasteiger charge is 2.34. The smallest absolute Gasteiger partial charge is 0.337 e. The summed E-state index contributed by atoms with van der Waals surface area (Å²) in [6, 6.07) is 6.37. The van der Waals surface area contributed by atoms with Crippen LogP contribution in [-0.2, 0) is 12.6 Å². The van der Waals surface area contributed by atoms with E-state index in [2.05, 4.69) is 20.6 Å². The van der Waals surface area contributed by atoms with E-state index in [1.807, 2.05) is 35.0 Å². The summed E-state index contributed by atoms with van der Waals surface area (Å²) in [6.45, 7) is 1.63. The lowest BCUT2D eigenvalue weighted by atomic mass is 10.2. The second-order valence-electron chi connectivity index (χ2n) is 5.72. The van der Waals surface area contributed by atoms with Gasteiger partial charge in [0.2, 0.25) is 0 Å². The SMILES string of the molecule is Cc1cc(NC(=O)NCCc2cn3ccccc3n2)cnc1C(F)(F)F. The molecule has 0 radical (unpaired) electrons. The van der Waals surface area contributed by atoms with Crippen LogP contribution < -0.4 is 10.6 Å². The fraction of sp³-hybridized carbons (Fsp3) is 0.235. The molecule has 0 aliphatic rings. The quantitative estimate of drug-likeness (QED) is 0.746. The summed E-state index contributed by atoms with van der Waals surface area (Å²) in [7, 11) is 0. The number of aromatic nitrogens is 3. The van der Waals surface area contributed by atoms with E-state index in [1.54, 1.807) is 0 Å². The number of anilines is 1. The number of carbonyl (C=O) groups is 1. The van der Waals surface area contributed by atoms with Crippen LogP contribution in [0.2, 0.25) is 0 Å². The Morgan fingerprint density at radius 3 is 2.81 bits per heavy atom. The Morgan fingerprint density at radius 2 is 2.12 bits per heavy atom. The zero-order chi connectivity index (χ0) is 18.7. The Bertz CT molecular complexity index is 903. The number of hydrogen-bond donors (Lipinski definition) is 2. The van der Waals surface area contributed by atoms with Crippen molar-refractivity contribution < 1.29 is 18.0 Å². The molecule has 0 unspecified atom stereocenters. The number of imidazole rings is 1. The molecule has 0 aliphatic heterocycles. The molecule has 3 rings (SSSR count). The monoisotopic (exact) mass is 363 g/mol. The minimum atomic E-state index is -4.51. The molecule has 3 aromatic rings. The molecule has 0 bridgehead atoms. The topological polar surface area (TPSA) is 71.3 Å². The normalized spacial score (nSPS) is 11.5. The molecule has 0 aromatic carbocycles. The van der Waals surface area contributed by atoms with E-state index in [0.29, 0.717) is 13.0 Å². The van der Waals surface area contributed by atoms with Gasteiger partial charge >= 0.3 is 12.2 Å². The van der Waals surface area contributed by atoms with E-state index in [4.69, 9.17) is 0 Å². The van der Waals surface area contributed by atoms with Crippen LogP contribution in [-0.4, -0.2) is 26.9 Å². The molecule has 6 nitrogen and oxygen atoms in total. The van der Waals surface area contributed by atoms with Gasteiger partial charge in [0, 0.05) is 25.4 Å². The van der Waals surface area contributed by atoms with Gasteiger partial charge in [0.1, 0.15) is 11.3 Å². The van der Waals surface area contributed by atoms with E-state index in [0.717, 1.165) is 17.5 Å². The second kappa shape index (κ2) is 7.03. The second-order valence-corrected chi connectivity index (χ2v) is 5.72. The average Bonchev–Trinajstić information content (AvgIpc) is 2.96. The van der Waals surface area contributed by atoms with Crippen molar-refractivity contribution in [2.75, 3.05) is 11.9 Å². The molecular formula is C17H16F3N5O. The van der Waals surface area contributed by atoms with Crippen LogP contribution in [0.25, 0.3) is 5.65 Å². The van der Waals surface area contributed by atoms with Crippen molar-refractivity contribution >= 4 is 17.4 Å². The van der Waals surface area contributed by atoms with E-state index in [-0.39, 0.29) is 11.3 Å². The number of nitrogens with zero attached hydrogens (tertiary/aromatic N) is 3. The lowest BCUT2D eigenvalue weighted by Crippen LogP contribution is -2.30. The third-order valence-electron chi connectivity index (χ3n) is 3.69. The van der Waals surface area contributed by atoms with Gasteiger partial charge in [0.15, 0.2) is 0 Å². The number of carbonyl (C=O) groups excluding carboxylic acids is 1. The van der Waals surface area contributed by atoms with E-state index in [1.165, 1.54) is 13.0 Å². The largest absolute Gasteiger partial charge is 0.433 e. The molecule has 2 amide bonds. The highest BCUT2D eigenvalue weighted by atomic mass is 19.4. The molecule has 26 heavy (non-hydrogen) atoms. The standard InChI is InChI=1S/C17H16F3N5O/c1-11-8-13(9-22-15(11)17(18,19)20)24-16(26)21-6-5-12-10-25-7-3-2-4-14(25)23-12/h2-4,7-10H,5-6H2,1H3,(H2,21,24,26). The Morgan fingerprint density at radius 1 is 1.31 bits per heavy atom. The van der Waals surface area contributed by atoms with Crippen LogP contribution >= 0.6 is 0 Å². The van der Waals surface area contributed by atoms with Crippen LogP contribution in [0, 0.1) is 6.92 Å². The molecule has 0 atom stereocenters. The number of nitrogens with one attached hydrogen (secondary N) is 2. The zero-order valence-corrected chi connectivity index (χ0v) is 13.8. The van der Waals surface area contributed by atoms with Gasteiger partial charge in [-0.15, -0.1) is 0 Å². The van der Waals surface area contributed by atoms with E-state index < -0.39 is 17.9 Å². The number of halogens is 3. The van der Waals surface area contributed by atoms with Gasteiger partial charge in [-0.1, -0.05) is 6.07 Å². The molecule has 0 fully saturated rings. The van der Waals surface area contributed by atoms with Gasteiger partial charge < -0.3 is 15.0 Å². The Labute approximate surface area is 147 Å². The number of hydrogen-bond acceptors (Lipinski definition) is 3. The number of aryl methyl sites for hydroxylation is 1. The first-order valence-corrected chi connectivity index (χ1v) is 7.84. The van der Waals surface area contributed by atoms with Gasteiger partial charge in [-0.05, 0) is 30.7 Å². The predicted octanol–water partition coefficient (Wildman–Crippen LogP) is 3.42. The number of urea groups is 1. The molecule has 2 N–H and O–H groups in total. The maximum Gasteiger partial charge on any atom is 0.433 e. The Balaban J connectivity index is 1.53. The Hall–Kier alpha value is -3.10. The average molecular weight is 363 g/mol. The molecule has 0 saturated heterocycles. The van der Waals surface area contributed by atoms with Crippen LogP contribution in [0.5, 0.6) is 0 Å². The summed E-state index contributed by atoms with van der Waals surface area (Å²) in [5.41, 5.74) is 0.817. The van der Waals surface area contributed by atoms with Crippen LogP contribution in [0.15, 0.2) is 42.9 Å². The first-order valence-electron chi connectivity index (χ1n) is 7.84. The van der Waals surface area contributed by atoms with Crippen molar-refractivity contribution in [3.05, 3.63) is 59.8 Å². The number of rotatable bonds is 4. The molecule has 9 heteroatoms. The fourth-order valence-electron chi connectivity index (χ4n) is 2.53. The van der Waals surface area contributed by atoms with Gasteiger partial charge in [0.05, 0.1) is 17.6 Å². The highest BCUT2D eigenvalue weighted by Crippen LogP contribution is 2.30. The van der Waals surface area contributed by atoms with Gasteiger partial charge in [0.25, 0.3) is 0 Å². The first-order chi connectivity index (χ1) is 12.3. The van der Waals surface area contributed by atoms with Gasteiger partial charge in [-0.2, -0.15) is 13.2 Å². The lowest BCUT2D eigenvalue weighted by molar-refractivity contribution is -0.141. The van der Waals surface area contributed by atoms with Crippen molar-refractivity contribution in [2.45, 2.75) is 19.5 Å². The summed E-state index contributed by atoms with van der Waals surface area (Å²) < 4.78 is 39.9. The van der Waals surface area contributed by atoms with Crippen LogP contribution in [0.4, 0.5) is 23.7 Å². The summed E-state index contributed by atoms with van der Waals surface area (Å²) >= 11 is 0. The minimum absolute atomic E-state index is 0.0556. The Kier molecular flexibility index (Phi) is 4.79.